The molecule has 2 aromatic rings. The molecule has 9 nitrogen and oxygen atoms in total. The number of aromatic nitrogens is 2. The summed E-state index contributed by atoms with van der Waals surface area (Å²) in [6.45, 7) is 9.83. The van der Waals surface area contributed by atoms with Gasteiger partial charge in [0.05, 0.1) is 24.1 Å². The van der Waals surface area contributed by atoms with E-state index in [-0.39, 0.29) is 25.3 Å². The third kappa shape index (κ3) is 11.8. The highest BCUT2D eigenvalue weighted by molar-refractivity contribution is 5.92. The standard InChI is InChI=1S/C16H23F2N5.C10H11NO.C2H6.CH3NO/c1-5-13(10-22(3)4)20-15-12(2)19-9-14(21-15)23-8-6-7-16(17,18)11-23;11-10(12)9-5-3-8(4-6-9)7-1-2-7;1-2;2-1-3/h5,9-10H,1,6-8,11H2,2-4H3,(H,20,21);3-7H,1-2H2,(H2,11,12);1-2H3;1H,(H2,2,3)/b13-10+;;;. The number of alkyl halides is 2. The number of aryl methyl sites for hydroxylation is 1. The van der Waals surface area contributed by atoms with E-state index in [4.69, 9.17) is 10.5 Å². The fraction of sp³-hybridized carbons (Fsp3) is 0.448. The van der Waals surface area contributed by atoms with Crippen molar-refractivity contribution in [2.75, 3.05) is 37.4 Å². The molecule has 11 heteroatoms. The summed E-state index contributed by atoms with van der Waals surface area (Å²) in [5, 5.41) is 3.14. The van der Waals surface area contributed by atoms with Gasteiger partial charge in [-0.15, -0.1) is 0 Å². The van der Waals surface area contributed by atoms with Gasteiger partial charge < -0.3 is 26.6 Å². The van der Waals surface area contributed by atoms with Crippen LogP contribution in [0.25, 0.3) is 0 Å². The van der Waals surface area contributed by atoms with Crippen LogP contribution in [0.4, 0.5) is 20.4 Å². The molecule has 4 rings (SSSR count). The Balaban J connectivity index is 0.000000391. The number of nitrogens with two attached hydrogens (primary N) is 2. The number of nitrogens with zero attached hydrogens (tertiary/aromatic N) is 4. The molecule has 1 aliphatic carbocycles. The molecule has 0 atom stereocenters. The van der Waals surface area contributed by atoms with Crippen LogP contribution in [-0.2, 0) is 4.79 Å². The van der Waals surface area contributed by atoms with E-state index in [0.717, 1.165) is 11.6 Å². The number of anilines is 2. The molecular weight excluding hydrogens is 516 g/mol. The summed E-state index contributed by atoms with van der Waals surface area (Å²) in [7, 11) is 3.80. The molecule has 220 valence electrons. The van der Waals surface area contributed by atoms with Gasteiger partial charge in [-0.3, -0.25) is 14.6 Å². The maximum absolute atomic E-state index is 13.6. The molecule has 1 saturated heterocycles. The molecular formula is C29H43F2N7O2. The second-order valence-corrected chi connectivity index (χ2v) is 9.32. The third-order valence-corrected chi connectivity index (χ3v) is 5.78. The fourth-order valence-corrected chi connectivity index (χ4v) is 3.76. The predicted molar refractivity (Wildman–Crippen MR) is 157 cm³/mol. The zero-order chi connectivity index (χ0) is 30.3. The van der Waals surface area contributed by atoms with Gasteiger partial charge in [0.15, 0.2) is 5.82 Å². The first kappa shape index (κ1) is 34.0. The number of hydrogen-bond donors (Lipinski definition) is 3. The average Bonchev–Trinajstić information content (AvgIpc) is 3.76. The smallest absolute Gasteiger partial charge is 0.265 e. The van der Waals surface area contributed by atoms with Crippen LogP contribution in [0.2, 0.25) is 0 Å². The number of rotatable bonds is 7. The molecule has 1 aliphatic heterocycles. The third-order valence-electron chi connectivity index (χ3n) is 5.78. The van der Waals surface area contributed by atoms with Crippen molar-refractivity contribution in [3.8, 4) is 0 Å². The summed E-state index contributed by atoms with van der Waals surface area (Å²) in [6.07, 6.45) is 8.28. The summed E-state index contributed by atoms with van der Waals surface area (Å²) in [6, 6.07) is 7.60. The molecule has 2 heterocycles. The van der Waals surface area contributed by atoms with Crippen LogP contribution in [0.3, 0.4) is 0 Å². The normalized spacial score (nSPS) is 15.5. The summed E-state index contributed by atoms with van der Waals surface area (Å²) >= 11 is 0. The van der Waals surface area contributed by atoms with Crippen molar-refractivity contribution < 1.29 is 18.4 Å². The number of carbonyl (C=O) groups excluding carboxylic acids is 2. The molecule has 0 bridgehead atoms. The second kappa shape index (κ2) is 16.8. The number of hydrogen-bond acceptors (Lipinski definition) is 7. The topological polar surface area (TPSA) is 130 Å². The Kier molecular flexibility index (Phi) is 14.3. The number of halogens is 2. The monoisotopic (exact) mass is 559 g/mol. The van der Waals surface area contributed by atoms with Gasteiger partial charge >= 0.3 is 0 Å². The molecule has 0 unspecified atom stereocenters. The Labute approximate surface area is 236 Å². The zero-order valence-corrected chi connectivity index (χ0v) is 24.2. The van der Waals surface area contributed by atoms with Crippen LogP contribution < -0.4 is 21.7 Å². The number of amides is 2. The lowest BCUT2D eigenvalue weighted by atomic mass is 10.1. The quantitative estimate of drug-likeness (QED) is 0.328. The second-order valence-electron chi connectivity index (χ2n) is 9.32. The van der Waals surface area contributed by atoms with E-state index in [0.29, 0.717) is 35.9 Å². The summed E-state index contributed by atoms with van der Waals surface area (Å²) in [5.41, 5.74) is 12.7. The number of allylic oxidation sites excluding steroid dienone is 1. The number of carbonyl (C=O) groups is 2. The van der Waals surface area contributed by atoms with Gasteiger partial charge in [0.1, 0.15) is 5.82 Å². The molecule has 1 saturated carbocycles. The molecule has 0 spiro atoms. The van der Waals surface area contributed by atoms with E-state index < -0.39 is 5.92 Å². The minimum Gasteiger partial charge on any atom is -0.382 e. The summed E-state index contributed by atoms with van der Waals surface area (Å²) < 4.78 is 27.2. The van der Waals surface area contributed by atoms with Crippen molar-refractivity contribution in [1.82, 2.24) is 14.9 Å². The highest BCUT2D eigenvalue weighted by Gasteiger charge is 2.35. The van der Waals surface area contributed by atoms with Gasteiger partial charge in [-0.25, -0.2) is 13.8 Å². The first-order chi connectivity index (χ1) is 19.0. The van der Waals surface area contributed by atoms with Crippen LogP contribution in [0.15, 0.2) is 55.0 Å². The Morgan fingerprint density at radius 3 is 2.30 bits per heavy atom. The van der Waals surface area contributed by atoms with Crippen molar-refractivity contribution in [2.24, 2.45) is 11.5 Å². The molecule has 40 heavy (non-hydrogen) atoms. The van der Waals surface area contributed by atoms with Crippen molar-refractivity contribution in [3.05, 3.63) is 71.8 Å². The predicted octanol–water partition coefficient (Wildman–Crippen LogP) is 4.81. The molecule has 2 fully saturated rings. The van der Waals surface area contributed by atoms with Crippen LogP contribution in [0.1, 0.15) is 67.1 Å². The van der Waals surface area contributed by atoms with E-state index in [2.05, 4.69) is 27.6 Å². The van der Waals surface area contributed by atoms with Gasteiger partial charge in [0.25, 0.3) is 5.92 Å². The van der Waals surface area contributed by atoms with Gasteiger partial charge in [-0.2, -0.15) is 0 Å². The van der Waals surface area contributed by atoms with Gasteiger partial charge in [-0.1, -0.05) is 32.6 Å². The lowest BCUT2D eigenvalue weighted by Crippen LogP contribution is -2.43. The Hall–Kier alpha value is -4.02. The minimum absolute atomic E-state index is 0.0694. The molecule has 0 radical (unpaired) electrons. The van der Waals surface area contributed by atoms with E-state index in [1.165, 1.54) is 18.4 Å². The van der Waals surface area contributed by atoms with Crippen LogP contribution in [-0.4, -0.2) is 60.3 Å². The van der Waals surface area contributed by atoms with Crippen LogP contribution in [0, 0.1) is 6.92 Å². The average molecular weight is 560 g/mol. The summed E-state index contributed by atoms with van der Waals surface area (Å²) in [4.78, 5) is 31.5. The van der Waals surface area contributed by atoms with E-state index >= 15 is 0 Å². The number of primary amides is 2. The first-order valence-corrected chi connectivity index (χ1v) is 13.3. The highest BCUT2D eigenvalue weighted by Crippen LogP contribution is 2.39. The van der Waals surface area contributed by atoms with E-state index in [1.54, 1.807) is 29.3 Å². The minimum atomic E-state index is -2.67. The Bertz CT molecular complexity index is 1120. The van der Waals surface area contributed by atoms with Crippen molar-refractivity contribution >= 4 is 24.0 Å². The van der Waals surface area contributed by atoms with Crippen molar-refractivity contribution in [3.63, 3.8) is 0 Å². The number of piperidine rings is 1. The van der Waals surface area contributed by atoms with Gasteiger partial charge in [0.2, 0.25) is 12.3 Å². The largest absolute Gasteiger partial charge is 0.382 e. The molecule has 1 aromatic heterocycles. The van der Waals surface area contributed by atoms with E-state index in [9.17, 15) is 13.6 Å². The maximum Gasteiger partial charge on any atom is 0.265 e. The number of nitrogens with one attached hydrogen (secondary N) is 1. The number of benzene rings is 1. The Morgan fingerprint density at radius 2 is 1.82 bits per heavy atom. The van der Waals surface area contributed by atoms with Gasteiger partial charge in [-0.05, 0) is 55.9 Å². The molecule has 2 amide bonds. The molecule has 5 N–H and O–H groups in total. The lowest BCUT2D eigenvalue weighted by Gasteiger charge is -2.33. The highest BCUT2D eigenvalue weighted by atomic mass is 19.3. The van der Waals surface area contributed by atoms with Crippen LogP contribution in [0.5, 0.6) is 0 Å². The maximum atomic E-state index is 13.6. The fourth-order valence-electron chi connectivity index (χ4n) is 3.76. The van der Waals surface area contributed by atoms with Gasteiger partial charge in [0, 0.05) is 38.8 Å². The Morgan fingerprint density at radius 1 is 1.23 bits per heavy atom. The molecule has 1 aromatic carbocycles. The van der Waals surface area contributed by atoms with E-state index in [1.807, 2.05) is 58.1 Å². The first-order valence-electron chi connectivity index (χ1n) is 13.3. The SMILES string of the molecule is C=C/C(=C\N(C)C)Nc1nc(N2CCCC(F)(F)C2)cnc1C.CC.NC(=O)c1ccc(C2CC2)cc1.NC=O. The summed E-state index contributed by atoms with van der Waals surface area (Å²) in [5.74, 6) is -1.27. The van der Waals surface area contributed by atoms with Crippen LogP contribution >= 0.6 is 0 Å². The zero-order valence-electron chi connectivity index (χ0n) is 24.2. The lowest BCUT2D eigenvalue weighted by molar-refractivity contribution is -0.106. The van der Waals surface area contributed by atoms with Crippen molar-refractivity contribution in [1.29, 1.82) is 0 Å². The van der Waals surface area contributed by atoms with Crippen molar-refractivity contribution in [2.45, 2.75) is 58.3 Å². The molecule has 2 aliphatic rings.